The van der Waals surface area contributed by atoms with Gasteiger partial charge in [0.15, 0.2) is 21.5 Å². The minimum atomic E-state index is -3.21. The van der Waals surface area contributed by atoms with E-state index in [4.69, 9.17) is 4.42 Å². The lowest BCUT2D eigenvalue weighted by Crippen LogP contribution is -2.40. The molecular formula is C19H26N2O5S. The van der Waals surface area contributed by atoms with Gasteiger partial charge in [-0.3, -0.25) is 4.79 Å². The van der Waals surface area contributed by atoms with Gasteiger partial charge < -0.3 is 14.8 Å². The van der Waals surface area contributed by atoms with Gasteiger partial charge in [-0.05, 0) is 37.3 Å². The molecule has 1 heterocycles. The molecule has 2 N–H and O–H groups in total. The summed E-state index contributed by atoms with van der Waals surface area (Å²) in [6, 6.07) is 6.61. The van der Waals surface area contributed by atoms with Gasteiger partial charge in [0.2, 0.25) is 11.8 Å². The Kier molecular flexibility index (Phi) is 6.16. The number of carbonyl (C=O) groups excluding carboxylic acids is 1. The summed E-state index contributed by atoms with van der Waals surface area (Å²) in [6.07, 6.45) is 1.99. The molecule has 0 bridgehead atoms. The normalized spacial score (nSPS) is 17.0. The van der Waals surface area contributed by atoms with E-state index in [1.165, 1.54) is 0 Å². The predicted octanol–water partition coefficient (Wildman–Crippen LogP) is 2.36. The van der Waals surface area contributed by atoms with Crippen LogP contribution in [0, 0.1) is 5.92 Å². The second-order valence-electron chi connectivity index (χ2n) is 7.24. The monoisotopic (exact) mass is 394 g/mol. The lowest BCUT2D eigenvalue weighted by atomic mass is 10.1. The molecule has 27 heavy (non-hydrogen) atoms. The number of amides is 1. The van der Waals surface area contributed by atoms with Crippen LogP contribution < -0.4 is 5.32 Å². The highest BCUT2D eigenvalue weighted by atomic mass is 32.2. The van der Waals surface area contributed by atoms with Gasteiger partial charge in [-0.1, -0.05) is 25.5 Å². The Bertz CT molecular complexity index is 855. The number of para-hydroxylation sites is 2. The summed E-state index contributed by atoms with van der Waals surface area (Å²) in [7, 11) is -3.21. The smallest absolute Gasteiger partial charge is 0.226 e. The molecule has 1 aromatic heterocycles. The van der Waals surface area contributed by atoms with Gasteiger partial charge in [0, 0.05) is 6.42 Å². The van der Waals surface area contributed by atoms with Crippen molar-refractivity contribution in [2.45, 2.75) is 51.2 Å². The molecule has 8 heteroatoms. The van der Waals surface area contributed by atoms with Gasteiger partial charge in [-0.2, -0.15) is 0 Å². The van der Waals surface area contributed by atoms with Crippen LogP contribution in [0.4, 0.5) is 0 Å². The molecule has 2 unspecified atom stereocenters. The maximum absolute atomic E-state index is 12.2. The zero-order valence-corrected chi connectivity index (χ0v) is 16.2. The average molecular weight is 394 g/mol. The molecule has 0 aliphatic heterocycles. The number of nitrogens with one attached hydrogen (secondary N) is 1. The van der Waals surface area contributed by atoms with Crippen molar-refractivity contribution >= 4 is 26.8 Å². The van der Waals surface area contributed by atoms with E-state index >= 15 is 0 Å². The molecule has 1 saturated carbocycles. The van der Waals surface area contributed by atoms with E-state index in [0.29, 0.717) is 17.5 Å². The van der Waals surface area contributed by atoms with Crippen molar-refractivity contribution in [3.05, 3.63) is 30.2 Å². The summed E-state index contributed by atoms with van der Waals surface area (Å²) in [6.45, 7) is 1.94. The molecule has 0 radical (unpaired) electrons. The first kappa shape index (κ1) is 19.8. The Morgan fingerprint density at radius 2 is 2.11 bits per heavy atom. The Balaban J connectivity index is 1.60. The Labute approximate surface area is 159 Å². The highest BCUT2D eigenvalue weighted by Crippen LogP contribution is 2.30. The minimum Gasteiger partial charge on any atom is -0.438 e. The average Bonchev–Trinajstić information content (AvgIpc) is 3.32. The van der Waals surface area contributed by atoms with Crippen molar-refractivity contribution < 1.29 is 22.7 Å². The number of rotatable bonds is 10. The Hall–Kier alpha value is -1.93. The first-order chi connectivity index (χ1) is 12.9. The van der Waals surface area contributed by atoms with Gasteiger partial charge in [0.05, 0.1) is 17.5 Å². The van der Waals surface area contributed by atoms with Crippen molar-refractivity contribution in [1.82, 2.24) is 10.3 Å². The Morgan fingerprint density at radius 1 is 1.37 bits per heavy atom. The van der Waals surface area contributed by atoms with E-state index < -0.39 is 22.0 Å². The number of aliphatic hydroxyl groups is 1. The summed E-state index contributed by atoms with van der Waals surface area (Å²) in [5.41, 5.74) is 1.21. The number of sulfone groups is 1. The second-order valence-corrected chi connectivity index (χ2v) is 9.46. The maximum Gasteiger partial charge on any atom is 0.226 e. The fourth-order valence-electron chi connectivity index (χ4n) is 3.06. The summed E-state index contributed by atoms with van der Waals surface area (Å²) in [4.78, 5) is 16.5. The third kappa shape index (κ3) is 5.52. The van der Waals surface area contributed by atoms with Crippen LogP contribution >= 0.6 is 0 Å². The van der Waals surface area contributed by atoms with Crippen LogP contribution in [0.15, 0.2) is 28.7 Å². The van der Waals surface area contributed by atoms with E-state index in [2.05, 4.69) is 10.3 Å². The van der Waals surface area contributed by atoms with Crippen LogP contribution in [-0.4, -0.2) is 42.0 Å². The quantitative estimate of drug-likeness (QED) is 0.640. The van der Waals surface area contributed by atoms with E-state index in [1.807, 2.05) is 19.1 Å². The lowest BCUT2D eigenvalue weighted by Gasteiger charge is -2.21. The van der Waals surface area contributed by atoms with Crippen LogP contribution in [0.3, 0.4) is 0 Å². The topological polar surface area (TPSA) is 110 Å². The van der Waals surface area contributed by atoms with Crippen LogP contribution in [0.2, 0.25) is 0 Å². The lowest BCUT2D eigenvalue weighted by molar-refractivity contribution is -0.122. The van der Waals surface area contributed by atoms with Gasteiger partial charge in [0.25, 0.3) is 0 Å². The first-order valence-corrected chi connectivity index (χ1v) is 11.2. The van der Waals surface area contributed by atoms with E-state index in [-0.39, 0.29) is 35.6 Å². The number of carbonyl (C=O) groups is 1. The van der Waals surface area contributed by atoms with Crippen LogP contribution in [-0.2, 0) is 14.6 Å². The van der Waals surface area contributed by atoms with Crippen molar-refractivity contribution in [2.24, 2.45) is 5.92 Å². The third-order valence-electron chi connectivity index (χ3n) is 4.72. The maximum atomic E-state index is 12.2. The van der Waals surface area contributed by atoms with Gasteiger partial charge in [-0.25, -0.2) is 13.4 Å². The number of fused-ring (bicyclic) bond motifs is 1. The molecule has 0 spiro atoms. The zero-order valence-electron chi connectivity index (χ0n) is 15.4. The summed E-state index contributed by atoms with van der Waals surface area (Å²) < 4.78 is 29.6. The number of aliphatic hydroxyl groups excluding tert-OH is 1. The largest absolute Gasteiger partial charge is 0.438 e. The number of oxazole rings is 1. The minimum absolute atomic E-state index is 0.102. The van der Waals surface area contributed by atoms with Crippen LogP contribution in [0.25, 0.3) is 11.1 Å². The van der Waals surface area contributed by atoms with Crippen LogP contribution in [0.5, 0.6) is 0 Å². The molecule has 1 aliphatic carbocycles. The standard InChI is InChI=1S/C19H26N2O5S/c1-2-5-15(18(23)19-21-14-6-3-4-7-16(14)26-19)20-17(22)10-11-27(24,25)12-13-8-9-13/h3-4,6-7,13,15,18,23H,2,5,8-12H2,1H3,(H,20,22). The fourth-order valence-corrected chi connectivity index (χ4v) is 4.78. The number of benzene rings is 1. The highest BCUT2D eigenvalue weighted by Gasteiger charge is 2.29. The molecular weight excluding hydrogens is 368 g/mol. The van der Waals surface area contributed by atoms with Crippen molar-refractivity contribution in [2.75, 3.05) is 11.5 Å². The SMILES string of the molecule is CCCC(NC(=O)CCS(=O)(=O)CC1CC1)C(O)c1nc2ccccc2o1. The molecule has 1 aromatic carbocycles. The summed E-state index contributed by atoms with van der Waals surface area (Å²) in [5, 5.41) is 13.4. The third-order valence-corrected chi connectivity index (χ3v) is 6.52. The molecule has 148 valence electrons. The molecule has 0 saturated heterocycles. The van der Waals surface area contributed by atoms with E-state index in [1.54, 1.807) is 12.1 Å². The number of nitrogens with zero attached hydrogens (tertiary/aromatic N) is 1. The zero-order chi connectivity index (χ0) is 19.4. The first-order valence-electron chi connectivity index (χ1n) is 9.41. The highest BCUT2D eigenvalue weighted by molar-refractivity contribution is 7.91. The molecule has 1 fully saturated rings. The number of aromatic nitrogens is 1. The van der Waals surface area contributed by atoms with Crippen molar-refractivity contribution in [3.8, 4) is 0 Å². The summed E-state index contributed by atoms with van der Waals surface area (Å²) >= 11 is 0. The molecule has 1 amide bonds. The predicted molar refractivity (Wildman–Crippen MR) is 102 cm³/mol. The molecule has 2 atom stereocenters. The van der Waals surface area contributed by atoms with Gasteiger partial charge in [0.1, 0.15) is 5.52 Å². The van der Waals surface area contributed by atoms with Crippen molar-refractivity contribution in [1.29, 1.82) is 0 Å². The van der Waals surface area contributed by atoms with Crippen LogP contribution in [0.1, 0.15) is 51.0 Å². The van der Waals surface area contributed by atoms with E-state index in [0.717, 1.165) is 19.3 Å². The molecule has 3 rings (SSSR count). The van der Waals surface area contributed by atoms with Gasteiger partial charge >= 0.3 is 0 Å². The molecule has 1 aliphatic rings. The van der Waals surface area contributed by atoms with Crippen molar-refractivity contribution in [3.63, 3.8) is 0 Å². The molecule has 7 nitrogen and oxygen atoms in total. The fraction of sp³-hybridized carbons (Fsp3) is 0.579. The molecule has 2 aromatic rings. The second kappa shape index (κ2) is 8.39. The Morgan fingerprint density at radius 3 is 2.78 bits per heavy atom. The van der Waals surface area contributed by atoms with E-state index in [9.17, 15) is 18.3 Å². The number of hydrogen-bond acceptors (Lipinski definition) is 6. The number of hydrogen-bond donors (Lipinski definition) is 2. The van der Waals surface area contributed by atoms with Gasteiger partial charge in [-0.15, -0.1) is 0 Å². The summed E-state index contributed by atoms with van der Waals surface area (Å²) in [5.74, 6) is 0.0448.